The lowest BCUT2D eigenvalue weighted by Crippen LogP contribution is -2.30. The number of hydrogen-bond acceptors (Lipinski definition) is 4. The van der Waals surface area contributed by atoms with Crippen LogP contribution in [0.2, 0.25) is 0 Å². The van der Waals surface area contributed by atoms with Gasteiger partial charge in [0.15, 0.2) is 0 Å². The molecule has 5 nitrogen and oxygen atoms in total. The number of piperidine rings is 1. The van der Waals surface area contributed by atoms with Crippen molar-refractivity contribution < 1.29 is 4.79 Å². The van der Waals surface area contributed by atoms with E-state index in [9.17, 15) is 4.79 Å². The van der Waals surface area contributed by atoms with E-state index < -0.39 is 0 Å². The number of pyridine rings is 1. The highest BCUT2D eigenvalue weighted by atomic mass is 16.1. The first-order chi connectivity index (χ1) is 10.2. The monoisotopic (exact) mass is 288 g/mol. The Morgan fingerprint density at radius 2 is 2.10 bits per heavy atom. The molecular formula is C16H24N4O. The molecule has 1 saturated heterocycles. The topological polar surface area (TPSA) is 71.2 Å². The third-order valence-corrected chi connectivity index (χ3v) is 4.36. The smallest absolute Gasteiger partial charge is 0.225 e. The van der Waals surface area contributed by atoms with Gasteiger partial charge in [-0.3, -0.25) is 4.79 Å². The first-order valence-corrected chi connectivity index (χ1v) is 7.99. The Morgan fingerprint density at radius 3 is 2.71 bits per heavy atom. The molecule has 114 valence electrons. The van der Waals surface area contributed by atoms with Crippen LogP contribution in [0, 0.1) is 5.92 Å². The van der Waals surface area contributed by atoms with Crippen molar-refractivity contribution in [3.05, 3.63) is 18.3 Å². The fourth-order valence-electron chi connectivity index (χ4n) is 2.89. The molecule has 1 aromatic heterocycles. The van der Waals surface area contributed by atoms with E-state index in [2.05, 4.69) is 15.2 Å². The highest BCUT2D eigenvalue weighted by Gasteiger charge is 2.29. The van der Waals surface area contributed by atoms with Crippen LogP contribution < -0.4 is 16.0 Å². The maximum absolute atomic E-state index is 11.9. The zero-order chi connectivity index (χ0) is 14.7. The van der Waals surface area contributed by atoms with Gasteiger partial charge < -0.3 is 16.0 Å². The van der Waals surface area contributed by atoms with Gasteiger partial charge in [0.05, 0.1) is 11.9 Å². The summed E-state index contributed by atoms with van der Waals surface area (Å²) in [5.74, 6) is 1.54. The maximum atomic E-state index is 11.9. The largest absolute Gasteiger partial charge is 0.357 e. The predicted molar refractivity (Wildman–Crippen MR) is 84.2 cm³/mol. The van der Waals surface area contributed by atoms with Crippen molar-refractivity contribution in [2.75, 3.05) is 23.3 Å². The van der Waals surface area contributed by atoms with E-state index in [0.29, 0.717) is 12.3 Å². The Labute approximate surface area is 125 Å². The van der Waals surface area contributed by atoms with Crippen molar-refractivity contribution >= 4 is 17.4 Å². The Hall–Kier alpha value is -1.62. The summed E-state index contributed by atoms with van der Waals surface area (Å²) in [6, 6.07) is 3.92. The average Bonchev–Trinajstić information content (AvgIpc) is 3.33. The standard InChI is InChI=1S/C16H24N4O/c17-14(12-4-5-12)10-16(21)19-13-6-7-15(18-11-13)20-8-2-1-3-9-20/h6-7,11-12,14H,1-5,8-10,17H2,(H,19,21). The molecule has 1 saturated carbocycles. The second-order valence-electron chi connectivity index (χ2n) is 6.21. The van der Waals surface area contributed by atoms with Crippen LogP contribution >= 0.6 is 0 Å². The fourth-order valence-corrected chi connectivity index (χ4v) is 2.89. The lowest BCUT2D eigenvalue weighted by atomic mass is 10.1. The summed E-state index contributed by atoms with van der Waals surface area (Å²) in [4.78, 5) is 18.7. The van der Waals surface area contributed by atoms with Gasteiger partial charge in [-0.05, 0) is 50.2 Å². The molecule has 0 bridgehead atoms. The van der Waals surface area contributed by atoms with Crippen LogP contribution in [0.4, 0.5) is 11.5 Å². The van der Waals surface area contributed by atoms with Crippen molar-refractivity contribution in [2.24, 2.45) is 11.7 Å². The summed E-state index contributed by atoms with van der Waals surface area (Å²) in [6.07, 6.45) is 8.26. The van der Waals surface area contributed by atoms with Gasteiger partial charge in [-0.2, -0.15) is 0 Å². The second-order valence-corrected chi connectivity index (χ2v) is 6.21. The molecule has 0 spiro atoms. The zero-order valence-electron chi connectivity index (χ0n) is 12.4. The molecule has 3 rings (SSSR count). The number of aromatic nitrogens is 1. The molecule has 1 atom stereocenters. The number of carbonyl (C=O) groups is 1. The number of nitrogens with zero attached hydrogens (tertiary/aromatic N) is 2. The van der Waals surface area contributed by atoms with Crippen LogP contribution in [0.25, 0.3) is 0 Å². The van der Waals surface area contributed by atoms with Crippen LogP contribution in [0.3, 0.4) is 0 Å². The van der Waals surface area contributed by atoms with Gasteiger partial charge in [0.25, 0.3) is 0 Å². The van der Waals surface area contributed by atoms with Crippen molar-refractivity contribution in [3.63, 3.8) is 0 Å². The molecule has 21 heavy (non-hydrogen) atoms. The number of amides is 1. The summed E-state index contributed by atoms with van der Waals surface area (Å²) in [6.45, 7) is 2.16. The van der Waals surface area contributed by atoms with Gasteiger partial charge in [0, 0.05) is 25.6 Å². The van der Waals surface area contributed by atoms with E-state index in [1.807, 2.05) is 12.1 Å². The normalized spacial score (nSPS) is 20.1. The van der Waals surface area contributed by atoms with Gasteiger partial charge in [-0.25, -0.2) is 4.98 Å². The molecule has 2 aliphatic rings. The van der Waals surface area contributed by atoms with Crippen LogP contribution in [0.1, 0.15) is 38.5 Å². The van der Waals surface area contributed by atoms with E-state index in [4.69, 9.17) is 5.73 Å². The quantitative estimate of drug-likeness (QED) is 0.871. The predicted octanol–water partition coefficient (Wildman–Crippen LogP) is 2.14. The van der Waals surface area contributed by atoms with E-state index in [1.165, 1.54) is 32.1 Å². The van der Waals surface area contributed by atoms with E-state index in [0.717, 1.165) is 24.6 Å². The molecule has 1 amide bonds. The molecule has 0 radical (unpaired) electrons. The highest BCUT2D eigenvalue weighted by molar-refractivity contribution is 5.91. The molecule has 1 aliphatic heterocycles. The number of carbonyl (C=O) groups excluding carboxylic acids is 1. The summed E-state index contributed by atoms with van der Waals surface area (Å²) in [7, 11) is 0. The first-order valence-electron chi connectivity index (χ1n) is 7.99. The minimum atomic E-state index is -0.0121. The highest BCUT2D eigenvalue weighted by Crippen LogP contribution is 2.32. The van der Waals surface area contributed by atoms with E-state index in [1.54, 1.807) is 6.20 Å². The molecule has 2 fully saturated rings. The van der Waals surface area contributed by atoms with Crippen LogP contribution in [-0.2, 0) is 4.79 Å². The van der Waals surface area contributed by atoms with Gasteiger partial charge in [-0.15, -0.1) is 0 Å². The molecule has 5 heteroatoms. The van der Waals surface area contributed by atoms with Crippen LogP contribution in [-0.4, -0.2) is 30.0 Å². The zero-order valence-corrected chi connectivity index (χ0v) is 12.4. The Balaban J connectivity index is 1.52. The van der Waals surface area contributed by atoms with Crippen LogP contribution in [0.15, 0.2) is 18.3 Å². The summed E-state index contributed by atoms with van der Waals surface area (Å²) >= 11 is 0. The van der Waals surface area contributed by atoms with Gasteiger partial charge in [0.2, 0.25) is 5.91 Å². The molecular weight excluding hydrogens is 264 g/mol. The minimum Gasteiger partial charge on any atom is -0.357 e. The SMILES string of the molecule is NC(CC(=O)Nc1ccc(N2CCCCC2)nc1)C1CC1. The fraction of sp³-hybridized carbons (Fsp3) is 0.625. The third-order valence-electron chi connectivity index (χ3n) is 4.36. The summed E-state index contributed by atoms with van der Waals surface area (Å²) in [5.41, 5.74) is 6.73. The maximum Gasteiger partial charge on any atom is 0.225 e. The Morgan fingerprint density at radius 1 is 1.33 bits per heavy atom. The number of rotatable bonds is 5. The second kappa shape index (κ2) is 6.43. The first kappa shape index (κ1) is 14.3. The number of hydrogen-bond donors (Lipinski definition) is 2. The molecule has 1 aromatic rings. The molecule has 1 unspecified atom stereocenters. The Kier molecular flexibility index (Phi) is 4.39. The van der Waals surface area contributed by atoms with Crippen molar-refractivity contribution in [3.8, 4) is 0 Å². The minimum absolute atomic E-state index is 0.00517. The molecule has 2 heterocycles. The van der Waals surface area contributed by atoms with Gasteiger partial charge in [-0.1, -0.05) is 0 Å². The molecule has 0 aromatic carbocycles. The molecule has 3 N–H and O–H groups in total. The summed E-state index contributed by atoms with van der Waals surface area (Å²) < 4.78 is 0. The van der Waals surface area contributed by atoms with Crippen molar-refractivity contribution in [2.45, 2.75) is 44.6 Å². The lowest BCUT2D eigenvalue weighted by molar-refractivity contribution is -0.116. The van der Waals surface area contributed by atoms with Gasteiger partial charge >= 0.3 is 0 Å². The number of nitrogens with one attached hydrogen (secondary N) is 1. The van der Waals surface area contributed by atoms with Crippen LogP contribution in [0.5, 0.6) is 0 Å². The number of nitrogens with two attached hydrogens (primary N) is 1. The van der Waals surface area contributed by atoms with Gasteiger partial charge in [0.1, 0.15) is 5.82 Å². The molecule has 1 aliphatic carbocycles. The van der Waals surface area contributed by atoms with Crippen molar-refractivity contribution in [1.82, 2.24) is 4.98 Å². The summed E-state index contributed by atoms with van der Waals surface area (Å²) in [5, 5.41) is 2.89. The average molecular weight is 288 g/mol. The third kappa shape index (κ3) is 3.94. The van der Waals surface area contributed by atoms with E-state index >= 15 is 0 Å². The van der Waals surface area contributed by atoms with E-state index in [-0.39, 0.29) is 11.9 Å². The lowest BCUT2D eigenvalue weighted by Gasteiger charge is -2.27. The number of anilines is 2. The van der Waals surface area contributed by atoms with Crippen molar-refractivity contribution in [1.29, 1.82) is 0 Å². The Bertz CT molecular complexity index is 478.